The molecule has 1 aliphatic rings. The quantitative estimate of drug-likeness (QED) is 0.625. The van der Waals surface area contributed by atoms with Gasteiger partial charge in [-0.15, -0.1) is 0 Å². The van der Waals surface area contributed by atoms with Crippen molar-refractivity contribution < 1.29 is 0 Å². The molecule has 0 bridgehead atoms. The van der Waals surface area contributed by atoms with Crippen LogP contribution in [-0.4, -0.2) is 18.0 Å². The molecule has 1 aromatic heterocycles. The fraction of sp³-hybridized carbons (Fsp3) is 0.273. The summed E-state index contributed by atoms with van der Waals surface area (Å²) >= 11 is 1.80. The second-order valence-corrected chi connectivity index (χ2v) is 7.48. The molecule has 1 atom stereocenters. The molecule has 0 radical (unpaired) electrons. The van der Waals surface area contributed by atoms with Crippen molar-refractivity contribution in [3.05, 3.63) is 93.7 Å². The number of rotatable bonds is 5. The van der Waals surface area contributed by atoms with Crippen molar-refractivity contribution in [1.29, 1.82) is 0 Å². The Morgan fingerprint density at radius 1 is 0.917 bits per heavy atom. The van der Waals surface area contributed by atoms with E-state index in [4.69, 9.17) is 0 Å². The van der Waals surface area contributed by atoms with E-state index in [2.05, 4.69) is 76.3 Å². The van der Waals surface area contributed by atoms with Gasteiger partial charge in [0, 0.05) is 25.6 Å². The van der Waals surface area contributed by atoms with Gasteiger partial charge >= 0.3 is 0 Å². The second kappa shape index (κ2) is 7.33. The zero-order valence-electron chi connectivity index (χ0n) is 13.9. The molecule has 1 unspecified atom stereocenters. The molecule has 2 heteroatoms. The molecule has 0 N–H and O–H groups in total. The first kappa shape index (κ1) is 15.6. The minimum absolute atomic E-state index is 0.611. The third kappa shape index (κ3) is 3.61. The fourth-order valence-corrected chi connectivity index (χ4v) is 4.44. The largest absolute Gasteiger partial charge is 0.298 e. The molecule has 0 aliphatic carbocycles. The average Bonchev–Trinajstić information content (AvgIpc) is 3.14. The van der Waals surface area contributed by atoms with Gasteiger partial charge in [0.2, 0.25) is 0 Å². The highest BCUT2D eigenvalue weighted by Crippen LogP contribution is 2.31. The Morgan fingerprint density at radius 3 is 2.58 bits per heavy atom. The van der Waals surface area contributed by atoms with Crippen LogP contribution in [0.2, 0.25) is 0 Å². The first-order valence-corrected chi connectivity index (χ1v) is 9.68. The molecule has 0 fully saturated rings. The smallest absolute Gasteiger partial charge is 0.0236 e. The number of thiophene rings is 1. The minimum Gasteiger partial charge on any atom is -0.298 e. The van der Waals surface area contributed by atoms with E-state index in [1.54, 1.807) is 16.9 Å². The van der Waals surface area contributed by atoms with E-state index in [-0.39, 0.29) is 0 Å². The predicted molar refractivity (Wildman–Crippen MR) is 103 cm³/mol. The van der Waals surface area contributed by atoms with E-state index in [0.717, 1.165) is 25.9 Å². The summed E-state index contributed by atoms with van der Waals surface area (Å²) in [6.45, 7) is 3.39. The van der Waals surface area contributed by atoms with Crippen molar-refractivity contribution in [2.75, 3.05) is 13.1 Å². The molecule has 0 saturated carbocycles. The molecule has 3 aromatic rings. The van der Waals surface area contributed by atoms with Crippen LogP contribution >= 0.6 is 11.3 Å². The molecule has 24 heavy (non-hydrogen) atoms. The van der Waals surface area contributed by atoms with Crippen molar-refractivity contribution >= 4 is 11.3 Å². The number of hydrogen-bond donors (Lipinski definition) is 0. The minimum atomic E-state index is 0.611. The maximum Gasteiger partial charge on any atom is 0.0236 e. The Hall–Kier alpha value is -1.90. The molecule has 1 nitrogen and oxygen atoms in total. The van der Waals surface area contributed by atoms with Gasteiger partial charge in [-0.05, 0) is 51.9 Å². The van der Waals surface area contributed by atoms with Gasteiger partial charge in [-0.25, -0.2) is 0 Å². The van der Waals surface area contributed by atoms with Gasteiger partial charge in [0.1, 0.15) is 0 Å². The summed E-state index contributed by atoms with van der Waals surface area (Å²) in [6, 6.07) is 22.1. The van der Waals surface area contributed by atoms with Gasteiger partial charge in [0.05, 0.1) is 0 Å². The Labute approximate surface area is 148 Å². The van der Waals surface area contributed by atoms with Crippen LogP contribution in [0.4, 0.5) is 0 Å². The lowest BCUT2D eigenvalue weighted by atomic mass is 9.86. The first-order valence-electron chi connectivity index (χ1n) is 8.73. The van der Waals surface area contributed by atoms with Crippen molar-refractivity contribution in [1.82, 2.24) is 4.90 Å². The predicted octanol–water partition coefficient (Wildman–Crippen LogP) is 5.13. The van der Waals surface area contributed by atoms with Gasteiger partial charge in [-0.2, -0.15) is 11.3 Å². The van der Waals surface area contributed by atoms with E-state index >= 15 is 0 Å². The Balaban J connectivity index is 1.49. The van der Waals surface area contributed by atoms with E-state index in [1.807, 2.05) is 0 Å². The van der Waals surface area contributed by atoms with Crippen molar-refractivity contribution in [2.24, 2.45) is 0 Å². The standard InChI is InChI=1S/C22H23NS/c1-2-6-18(7-3-1)10-12-23-15-20-8-4-5-9-22(20)21(16-23)14-19-11-13-24-17-19/h1-9,11,13,17,21H,10,12,14-16H2. The number of hydrogen-bond acceptors (Lipinski definition) is 2. The van der Waals surface area contributed by atoms with Crippen LogP contribution in [0.25, 0.3) is 0 Å². The SMILES string of the molecule is c1ccc(CCN2Cc3ccccc3C(Cc3ccsc3)C2)cc1. The molecule has 0 saturated heterocycles. The fourth-order valence-electron chi connectivity index (χ4n) is 3.76. The first-order chi connectivity index (χ1) is 11.9. The van der Waals surface area contributed by atoms with E-state index < -0.39 is 0 Å². The molecule has 1 aliphatic heterocycles. The molecular formula is C22H23NS. The van der Waals surface area contributed by atoms with Crippen LogP contribution in [-0.2, 0) is 19.4 Å². The zero-order chi connectivity index (χ0) is 16.2. The Kier molecular flexibility index (Phi) is 4.77. The Bertz CT molecular complexity index is 764. The highest BCUT2D eigenvalue weighted by Gasteiger charge is 2.25. The van der Waals surface area contributed by atoms with Crippen LogP contribution in [0.5, 0.6) is 0 Å². The molecule has 2 aromatic carbocycles. The molecule has 0 amide bonds. The molecule has 2 heterocycles. The van der Waals surface area contributed by atoms with Crippen LogP contribution in [0.15, 0.2) is 71.4 Å². The summed E-state index contributed by atoms with van der Waals surface area (Å²) in [7, 11) is 0. The molecule has 0 spiro atoms. The summed E-state index contributed by atoms with van der Waals surface area (Å²) in [5, 5.41) is 4.49. The summed E-state index contributed by atoms with van der Waals surface area (Å²) in [4.78, 5) is 2.63. The lowest BCUT2D eigenvalue weighted by Crippen LogP contribution is -2.35. The summed E-state index contributed by atoms with van der Waals surface area (Å²) in [6.07, 6.45) is 2.29. The van der Waals surface area contributed by atoms with Crippen molar-refractivity contribution in [2.45, 2.75) is 25.3 Å². The third-order valence-electron chi connectivity index (χ3n) is 4.99. The monoisotopic (exact) mass is 333 g/mol. The average molecular weight is 334 g/mol. The van der Waals surface area contributed by atoms with Crippen LogP contribution < -0.4 is 0 Å². The van der Waals surface area contributed by atoms with Crippen LogP contribution in [0, 0.1) is 0 Å². The van der Waals surface area contributed by atoms with Gasteiger partial charge in [-0.1, -0.05) is 54.6 Å². The topological polar surface area (TPSA) is 3.24 Å². The van der Waals surface area contributed by atoms with E-state index in [1.165, 1.54) is 23.2 Å². The molecular weight excluding hydrogens is 310 g/mol. The lowest BCUT2D eigenvalue weighted by molar-refractivity contribution is 0.232. The normalized spacial score (nSPS) is 17.6. The van der Waals surface area contributed by atoms with Gasteiger partial charge in [-0.3, -0.25) is 4.90 Å². The van der Waals surface area contributed by atoms with E-state index in [0.29, 0.717) is 5.92 Å². The summed E-state index contributed by atoms with van der Waals surface area (Å²) < 4.78 is 0. The van der Waals surface area contributed by atoms with Crippen LogP contribution in [0.1, 0.15) is 28.2 Å². The molecule has 122 valence electrons. The number of fused-ring (bicyclic) bond motifs is 1. The maximum absolute atomic E-state index is 2.63. The van der Waals surface area contributed by atoms with E-state index in [9.17, 15) is 0 Å². The van der Waals surface area contributed by atoms with Crippen molar-refractivity contribution in [3.63, 3.8) is 0 Å². The van der Waals surface area contributed by atoms with Crippen molar-refractivity contribution in [3.8, 4) is 0 Å². The maximum atomic E-state index is 2.63. The molecule has 4 rings (SSSR count). The number of nitrogens with zero attached hydrogens (tertiary/aromatic N) is 1. The van der Waals surface area contributed by atoms with Gasteiger partial charge < -0.3 is 0 Å². The summed E-state index contributed by atoms with van der Waals surface area (Å²) in [5.74, 6) is 0.611. The third-order valence-corrected chi connectivity index (χ3v) is 5.72. The Morgan fingerprint density at radius 2 is 1.75 bits per heavy atom. The highest BCUT2D eigenvalue weighted by atomic mass is 32.1. The zero-order valence-corrected chi connectivity index (χ0v) is 14.7. The summed E-state index contributed by atoms with van der Waals surface area (Å²) in [5.41, 5.74) is 5.98. The lowest BCUT2D eigenvalue weighted by Gasteiger charge is -2.35. The van der Waals surface area contributed by atoms with Crippen LogP contribution in [0.3, 0.4) is 0 Å². The second-order valence-electron chi connectivity index (χ2n) is 6.70. The van der Waals surface area contributed by atoms with Gasteiger partial charge in [0.25, 0.3) is 0 Å². The number of benzene rings is 2. The highest BCUT2D eigenvalue weighted by molar-refractivity contribution is 7.07. The van der Waals surface area contributed by atoms with Gasteiger partial charge in [0.15, 0.2) is 0 Å².